The average molecular weight is 320 g/mol. The number of piperidine rings is 1. The van der Waals surface area contributed by atoms with Crippen molar-refractivity contribution in [3.63, 3.8) is 0 Å². The maximum absolute atomic E-state index is 12.8. The Balaban J connectivity index is 1.63. The van der Waals surface area contributed by atoms with Crippen LogP contribution in [0.5, 0.6) is 0 Å². The molecular formula is C17H28N4O2. The molecule has 3 rings (SSSR count). The number of nitrogens with one attached hydrogen (secondary N) is 1. The Morgan fingerprint density at radius 2 is 2.09 bits per heavy atom. The van der Waals surface area contributed by atoms with E-state index in [1.54, 1.807) is 12.5 Å². The highest BCUT2D eigenvalue weighted by atomic mass is 16.3. The first-order valence-electron chi connectivity index (χ1n) is 8.65. The Morgan fingerprint density at radius 1 is 1.35 bits per heavy atom. The number of nitrogens with zero attached hydrogens (tertiary/aromatic N) is 3. The van der Waals surface area contributed by atoms with E-state index in [9.17, 15) is 9.90 Å². The quantitative estimate of drug-likeness (QED) is 0.877. The molecule has 0 unspecified atom stereocenters. The molecule has 1 aromatic heterocycles. The third-order valence-corrected chi connectivity index (χ3v) is 5.68. The van der Waals surface area contributed by atoms with Gasteiger partial charge in [-0.25, -0.2) is 4.98 Å². The number of aliphatic hydroxyl groups excluding tert-OH is 1. The zero-order chi connectivity index (χ0) is 16.4. The molecular weight excluding hydrogens is 292 g/mol. The van der Waals surface area contributed by atoms with E-state index in [1.165, 1.54) is 0 Å². The van der Waals surface area contributed by atoms with Gasteiger partial charge < -0.3 is 19.9 Å². The second-order valence-corrected chi connectivity index (χ2v) is 7.44. The van der Waals surface area contributed by atoms with Gasteiger partial charge in [0, 0.05) is 17.8 Å². The minimum atomic E-state index is -0.559. The molecule has 0 spiro atoms. The molecule has 0 radical (unpaired) electrons. The predicted octanol–water partition coefficient (Wildman–Crippen LogP) is 1.19. The predicted molar refractivity (Wildman–Crippen MR) is 87.9 cm³/mol. The van der Waals surface area contributed by atoms with Crippen LogP contribution in [0, 0.1) is 5.41 Å². The van der Waals surface area contributed by atoms with Crippen LogP contribution in [-0.2, 0) is 4.79 Å². The van der Waals surface area contributed by atoms with Gasteiger partial charge in [-0.2, -0.15) is 0 Å². The van der Waals surface area contributed by atoms with Crippen molar-refractivity contribution in [2.45, 2.75) is 57.2 Å². The maximum Gasteiger partial charge on any atom is 0.226 e. The van der Waals surface area contributed by atoms with Crippen molar-refractivity contribution in [3.05, 3.63) is 18.7 Å². The monoisotopic (exact) mass is 320 g/mol. The molecule has 2 fully saturated rings. The van der Waals surface area contributed by atoms with Gasteiger partial charge in [0.2, 0.25) is 5.91 Å². The lowest BCUT2D eigenvalue weighted by Gasteiger charge is -2.40. The van der Waals surface area contributed by atoms with Crippen molar-refractivity contribution in [1.29, 1.82) is 0 Å². The normalized spacial score (nSPS) is 31.7. The van der Waals surface area contributed by atoms with E-state index in [-0.39, 0.29) is 23.4 Å². The first-order chi connectivity index (χ1) is 11.0. The van der Waals surface area contributed by atoms with Crippen molar-refractivity contribution < 1.29 is 9.90 Å². The molecule has 0 bridgehead atoms. The first-order valence-corrected chi connectivity index (χ1v) is 8.65. The summed E-state index contributed by atoms with van der Waals surface area (Å²) in [6.45, 7) is 3.96. The number of amides is 1. The van der Waals surface area contributed by atoms with Gasteiger partial charge in [-0.15, -0.1) is 0 Å². The zero-order valence-electron chi connectivity index (χ0n) is 14.1. The Bertz CT molecular complexity index is 523. The fourth-order valence-electron chi connectivity index (χ4n) is 3.79. The molecule has 1 saturated heterocycles. The third-order valence-electron chi connectivity index (χ3n) is 5.68. The first kappa shape index (κ1) is 16.5. The Labute approximate surface area is 137 Å². The lowest BCUT2D eigenvalue weighted by atomic mass is 9.78. The third kappa shape index (κ3) is 3.43. The van der Waals surface area contributed by atoms with Gasteiger partial charge >= 0.3 is 0 Å². The number of rotatable bonds is 3. The molecule has 1 amide bonds. The summed E-state index contributed by atoms with van der Waals surface area (Å²) in [6, 6.07) is -0.165. The Morgan fingerprint density at radius 3 is 2.74 bits per heavy atom. The van der Waals surface area contributed by atoms with Crippen molar-refractivity contribution in [3.8, 4) is 0 Å². The molecule has 128 valence electrons. The molecule has 6 nitrogen and oxygen atoms in total. The van der Waals surface area contributed by atoms with Crippen LogP contribution < -0.4 is 5.32 Å². The topological polar surface area (TPSA) is 70.4 Å². The SMILES string of the molecule is CN1CCC(C)(C(=O)N[C@@H]2CCC[C@@H](n3ccnc3)[C@@H]2O)CC1. The summed E-state index contributed by atoms with van der Waals surface area (Å²) in [7, 11) is 2.10. The lowest BCUT2D eigenvalue weighted by Crippen LogP contribution is -2.54. The van der Waals surface area contributed by atoms with Crippen molar-refractivity contribution in [1.82, 2.24) is 19.8 Å². The van der Waals surface area contributed by atoms with E-state index < -0.39 is 6.10 Å². The van der Waals surface area contributed by atoms with Crippen LogP contribution in [0.4, 0.5) is 0 Å². The highest BCUT2D eigenvalue weighted by Crippen LogP contribution is 2.33. The molecule has 0 aromatic carbocycles. The molecule has 1 saturated carbocycles. The number of aromatic nitrogens is 2. The van der Waals surface area contributed by atoms with Gasteiger partial charge in [0.1, 0.15) is 0 Å². The van der Waals surface area contributed by atoms with E-state index in [0.29, 0.717) is 0 Å². The van der Waals surface area contributed by atoms with Crippen LogP contribution in [0.25, 0.3) is 0 Å². The van der Waals surface area contributed by atoms with Gasteiger partial charge in [-0.3, -0.25) is 4.79 Å². The molecule has 3 atom stereocenters. The number of carbonyl (C=O) groups excluding carboxylic acids is 1. The molecule has 1 aromatic rings. The van der Waals surface area contributed by atoms with Gasteiger partial charge in [0.25, 0.3) is 0 Å². The van der Waals surface area contributed by atoms with Crippen molar-refractivity contribution in [2.24, 2.45) is 5.41 Å². The Kier molecular flexibility index (Phi) is 4.73. The molecule has 6 heteroatoms. The molecule has 1 aliphatic carbocycles. The van der Waals surface area contributed by atoms with Gasteiger partial charge in [-0.1, -0.05) is 6.92 Å². The number of hydrogen-bond donors (Lipinski definition) is 2. The van der Waals surface area contributed by atoms with Crippen LogP contribution in [0.15, 0.2) is 18.7 Å². The highest BCUT2D eigenvalue weighted by molar-refractivity contribution is 5.82. The van der Waals surface area contributed by atoms with Crippen LogP contribution in [0.2, 0.25) is 0 Å². The second-order valence-electron chi connectivity index (χ2n) is 7.44. The summed E-state index contributed by atoms with van der Waals surface area (Å²) in [6.07, 6.45) is 9.33. The Hall–Kier alpha value is -1.40. The van der Waals surface area contributed by atoms with Crippen molar-refractivity contribution >= 4 is 5.91 Å². The smallest absolute Gasteiger partial charge is 0.226 e. The molecule has 2 aliphatic rings. The van der Waals surface area contributed by atoms with Crippen LogP contribution >= 0.6 is 0 Å². The van der Waals surface area contributed by atoms with E-state index in [1.807, 2.05) is 10.8 Å². The summed E-state index contributed by atoms with van der Waals surface area (Å²) in [5.41, 5.74) is -0.311. The van der Waals surface area contributed by atoms with Gasteiger partial charge in [0.05, 0.1) is 24.5 Å². The molecule has 2 N–H and O–H groups in total. The van der Waals surface area contributed by atoms with Crippen LogP contribution in [0.1, 0.15) is 45.1 Å². The molecule has 23 heavy (non-hydrogen) atoms. The number of likely N-dealkylation sites (tertiary alicyclic amines) is 1. The molecule has 2 heterocycles. The standard InChI is InChI=1S/C17H28N4O2/c1-17(6-9-20(2)10-7-17)16(23)19-13-4-3-5-14(15(13)22)21-11-8-18-12-21/h8,11-15,22H,3-7,9-10H2,1-2H3,(H,19,23)/t13-,14-,15-/m1/s1. The zero-order valence-corrected chi connectivity index (χ0v) is 14.1. The van der Waals surface area contributed by atoms with E-state index in [2.05, 4.69) is 29.2 Å². The van der Waals surface area contributed by atoms with Crippen molar-refractivity contribution in [2.75, 3.05) is 20.1 Å². The van der Waals surface area contributed by atoms with Crippen LogP contribution in [-0.4, -0.2) is 57.7 Å². The summed E-state index contributed by atoms with van der Waals surface area (Å²) in [5.74, 6) is 0.0981. The lowest BCUT2D eigenvalue weighted by molar-refractivity contribution is -0.135. The number of carbonyl (C=O) groups is 1. The van der Waals surface area contributed by atoms with E-state index in [4.69, 9.17) is 0 Å². The fourth-order valence-corrected chi connectivity index (χ4v) is 3.79. The number of hydrogen-bond acceptors (Lipinski definition) is 4. The average Bonchev–Trinajstić information content (AvgIpc) is 3.06. The summed E-state index contributed by atoms with van der Waals surface area (Å²) >= 11 is 0. The summed E-state index contributed by atoms with van der Waals surface area (Å²) in [4.78, 5) is 19.1. The van der Waals surface area contributed by atoms with Gasteiger partial charge in [-0.05, 0) is 52.2 Å². The minimum absolute atomic E-state index is 0.00171. The van der Waals surface area contributed by atoms with E-state index >= 15 is 0 Å². The highest BCUT2D eigenvalue weighted by Gasteiger charge is 2.40. The largest absolute Gasteiger partial charge is 0.389 e. The van der Waals surface area contributed by atoms with Gasteiger partial charge in [0.15, 0.2) is 0 Å². The second kappa shape index (κ2) is 6.61. The minimum Gasteiger partial charge on any atom is -0.389 e. The molecule has 1 aliphatic heterocycles. The summed E-state index contributed by atoms with van der Waals surface area (Å²) in [5, 5.41) is 13.8. The van der Waals surface area contributed by atoms with Crippen LogP contribution in [0.3, 0.4) is 0 Å². The number of imidazole rings is 1. The number of aliphatic hydroxyl groups is 1. The summed E-state index contributed by atoms with van der Waals surface area (Å²) < 4.78 is 1.96. The maximum atomic E-state index is 12.8. The van der Waals surface area contributed by atoms with E-state index in [0.717, 1.165) is 45.2 Å². The fraction of sp³-hybridized carbons (Fsp3) is 0.765.